The molecule has 0 amide bonds. The third kappa shape index (κ3) is 5.05. The van der Waals surface area contributed by atoms with E-state index in [0.717, 1.165) is 12.0 Å². The van der Waals surface area contributed by atoms with Crippen LogP contribution in [0.4, 0.5) is 0 Å². The first-order valence-electron chi connectivity index (χ1n) is 8.44. The molecule has 1 N–H and O–H groups in total. The van der Waals surface area contributed by atoms with Crippen molar-refractivity contribution in [1.29, 1.82) is 0 Å². The monoisotopic (exact) mass is 267 g/mol. The van der Waals surface area contributed by atoms with Crippen molar-refractivity contribution in [2.24, 2.45) is 5.92 Å². The maximum atomic E-state index is 3.83. The van der Waals surface area contributed by atoms with E-state index in [4.69, 9.17) is 0 Å². The molecule has 0 radical (unpaired) electrons. The summed E-state index contributed by atoms with van der Waals surface area (Å²) in [6.07, 6.45) is 8.43. The molecule has 0 aromatic rings. The summed E-state index contributed by atoms with van der Waals surface area (Å²) in [5.74, 6) is 0.942. The van der Waals surface area contributed by atoms with E-state index in [1.54, 1.807) is 0 Å². The van der Waals surface area contributed by atoms with Gasteiger partial charge in [-0.25, -0.2) is 0 Å². The fourth-order valence-electron chi connectivity index (χ4n) is 3.63. The van der Waals surface area contributed by atoms with Gasteiger partial charge in [-0.3, -0.25) is 0 Å². The lowest BCUT2D eigenvalue weighted by atomic mass is 9.83. The Hall–Kier alpha value is -0.120. The van der Waals surface area contributed by atoms with Crippen molar-refractivity contribution < 1.29 is 0 Å². The number of likely N-dealkylation sites (N-methyl/N-ethyl adjacent to an activating group) is 1. The Kier molecular flexibility index (Phi) is 6.62. The van der Waals surface area contributed by atoms with E-state index in [1.807, 2.05) is 0 Å². The summed E-state index contributed by atoms with van der Waals surface area (Å²) < 4.78 is 0. The van der Waals surface area contributed by atoms with Crippen LogP contribution in [-0.2, 0) is 0 Å². The second-order valence-corrected chi connectivity index (χ2v) is 6.51. The first kappa shape index (κ1) is 15.3. The van der Waals surface area contributed by atoms with Crippen LogP contribution in [0.15, 0.2) is 0 Å². The van der Waals surface area contributed by atoms with Crippen LogP contribution in [0.5, 0.6) is 0 Å². The average molecular weight is 267 g/mol. The smallest absolute Gasteiger partial charge is 0.0110 e. The molecule has 0 aromatic heterocycles. The third-order valence-electron chi connectivity index (χ3n) is 5.09. The standard InChI is InChI=1S/C16H33N3/c1-3-15-7-4-5-8-16(15)17-9-6-10-19-13-11-18(2)12-14-19/h15-17H,3-14H2,1-2H3. The van der Waals surface area contributed by atoms with Gasteiger partial charge in [-0.05, 0) is 45.3 Å². The van der Waals surface area contributed by atoms with Gasteiger partial charge in [0.05, 0.1) is 0 Å². The predicted molar refractivity (Wildman–Crippen MR) is 82.6 cm³/mol. The summed E-state index contributed by atoms with van der Waals surface area (Å²) in [6, 6.07) is 0.811. The van der Waals surface area contributed by atoms with E-state index >= 15 is 0 Å². The minimum Gasteiger partial charge on any atom is -0.314 e. The molecule has 1 saturated carbocycles. The van der Waals surface area contributed by atoms with Crippen LogP contribution >= 0.6 is 0 Å². The maximum Gasteiger partial charge on any atom is 0.0110 e. The highest BCUT2D eigenvalue weighted by molar-refractivity contribution is 4.80. The summed E-state index contributed by atoms with van der Waals surface area (Å²) >= 11 is 0. The molecule has 112 valence electrons. The van der Waals surface area contributed by atoms with Gasteiger partial charge in [0.15, 0.2) is 0 Å². The number of piperazine rings is 1. The normalized spacial score (nSPS) is 30.6. The van der Waals surface area contributed by atoms with Gasteiger partial charge >= 0.3 is 0 Å². The minimum absolute atomic E-state index is 0.811. The molecule has 1 aliphatic heterocycles. The van der Waals surface area contributed by atoms with E-state index in [1.165, 1.54) is 77.8 Å². The molecule has 0 bridgehead atoms. The lowest BCUT2D eigenvalue weighted by Crippen LogP contribution is -2.45. The number of hydrogen-bond acceptors (Lipinski definition) is 3. The Bertz CT molecular complexity index is 236. The molecule has 1 aliphatic carbocycles. The Balaban J connectivity index is 1.56. The lowest BCUT2D eigenvalue weighted by molar-refractivity contribution is 0.151. The van der Waals surface area contributed by atoms with Gasteiger partial charge in [0, 0.05) is 32.2 Å². The van der Waals surface area contributed by atoms with Crippen LogP contribution in [-0.4, -0.2) is 62.2 Å². The first-order valence-corrected chi connectivity index (χ1v) is 8.44. The van der Waals surface area contributed by atoms with Crippen LogP contribution in [0, 0.1) is 5.92 Å². The Morgan fingerprint density at radius 1 is 1.05 bits per heavy atom. The number of hydrogen-bond donors (Lipinski definition) is 1. The first-order chi connectivity index (χ1) is 9.29. The predicted octanol–water partition coefficient (Wildman–Crippen LogP) is 2.18. The SMILES string of the molecule is CCC1CCCCC1NCCCN1CCN(C)CC1. The Labute approximate surface area is 119 Å². The maximum absolute atomic E-state index is 3.83. The van der Waals surface area contributed by atoms with Gasteiger partial charge in [-0.2, -0.15) is 0 Å². The molecular formula is C16H33N3. The van der Waals surface area contributed by atoms with E-state index in [9.17, 15) is 0 Å². The van der Waals surface area contributed by atoms with Gasteiger partial charge in [0.1, 0.15) is 0 Å². The van der Waals surface area contributed by atoms with Crippen LogP contribution < -0.4 is 5.32 Å². The molecule has 3 nitrogen and oxygen atoms in total. The molecule has 1 heterocycles. The third-order valence-corrected chi connectivity index (χ3v) is 5.09. The highest BCUT2D eigenvalue weighted by Crippen LogP contribution is 2.26. The van der Waals surface area contributed by atoms with Gasteiger partial charge in [-0.1, -0.05) is 26.2 Å². The van der Waals surface area contributed by atoms with Crippen molar-refractivity contribution in [2.45, 2.75) is 51.5 Å². The van der Waals surface area contributed by atoms with Crippen molar-refractivity contribution in [2.75, 3.05) is 46.3 Å². The van der Waals surface area contributed by atoms with Crippen molar-refractivity contribution >= 4 is 0 Å². The van der Waals surface area contributed by atoms with Gasteiger partial charge in [0.2, 0.25) is 0 Å². The van der Waals surface area contributed by atoms with E-state index in [-0.39, 0.29) is 0 Å². The van der Waals surface area contributed by atoms with Gasteiger partial charge in [-0.15, -0.1) is 0 Å². The van der Waals surface area contributed by atoms with Gasteiger partial charge in [0.25, 0.3) is 0 Å². The molecule has 2 unspecified atom stereocenters. The summed E-state index contributed by atoms with van der Waals surface area (Å²) in [6.45, 7) is 9.86. The Morgan fingerprint density at radius 3 is 2.53 bits per heavy atom. The minimum atomic E-state index is 0.811. The summed E-state index contributed by atoms with van der Waals surface area (Å²) in [4.78, 5) is 5.06. The van der Waals surface area contributed by atoms with E-state index in [2.05, 4.69) is 29.1 Å². The second-order valence-electron chi connectivity index (χ2n) is 6.51. The summed E-state index contributed by atoms with van der Waals surface area (Å²) in [5, 5.41) is 3.83. The molecule has 3 heteroatoms. The molecular weight excluding hydrogens is 234 g/mol. The average Bonchev–Trinajstić information content (AvgIpc) is 2.46. The zero-order valence-corrected chi connectivity index (χ0v) is 13.0. The fraction of sp³-hybridized carbons (Fsp3) is 1.00. The van der Waals surface area contributed by atoms with Crippen molar-refractivity contribution in [3.8, 4) is 0 Å². The fourth-order valence-corrected chi connectivity index (χ4v) is 3.63. The quantitative estimate of drug-likeness (QED) is 0.744. The molecule has 0 spiro atoms. The summed E-state index contributed by atoms with van der Waals surface area (Å²) in [5.41, 5.74) is 0. The number of rotatable bonds is 6. The molecule has 2 aliphatic rings. The van der Waals surface area contributed by atoms with E-state index in [0.29, 0.717) is 0 Å². The number of nitrogens with one attached hydrogen (secondary N) is 1. The molecule has 2 rings (SSSR count). The highest BCUT2D eigenvalue weighted by Gasteiger charge is 2.22. The Morgan fingerprint density at radius 2 is 1.79 bits per heavy atom. The van der Waals surface area contributed by atoms with Crippen LogP contribution in [0.1, 0.15) is 45.4 Å². The molecule has 2 fully saturated rings. The van der Waals surface area contributed by atoms with Crippen molar-refractivity contribution in [3.05, 3.63) is 0 Å². The zero-order valence-electron chi connectivity index (χ0n) is 13.0. The molecule has 1 saturated heterocycles. The van der Waals surface area contributed by atoms with E-state index < -0.39 is 0 Å². The highest BCUT2D eigenvalue weighted by atomic mass is 15.2. The van der Waals surface area contributed by atoms with Crippen LogP contribution in [0.25, 0.3) is 0 Å². The topological polar surface area (TPSA) is 18.5 Å². The summed E-state index contributed by atoms with van der Waals surface area (Å²) in [7, 11) is 2.23. The van der Waals surface area contributed by atoms with Crippen molar-refractivity contribution in [3.63, 3.8) is 0 Å². The second kappa shape index (κ2) is 8.23. The zero-order chi connectivity index (χ0) is 13.5. The molecule has 19 heavy (non-hydrogen) atoms. The lowest BCUT2D eigenvalue weighted by Gasteiger charge is -2.33. The van der Waals surface area contributed by atoms with Gasteiger partial charge < -0.3 is 15.1 Å². The van der Waals surface area contributed by atoms with Crippen LogP contribution in [0.3, 0.4) is 0 Å². The molecule has 0 aromatic carbocycles. The number of nitrogens with zero attached hydrogens (tertiary/aromatic N) is 2. The van der Waals surface area contributed by atoms with Crippen LogP contribution in [0.2, 0.25) is 0 Å². The largest absolute Gasteiger partial charge is 0.314 e. The van der Waals surface area contributed by atoms with Crippen molar-refractivity contribution in [1.82, 2.24) is 15.1 Å². The molecule has 2 atom stereocenters.